The van der Waals surface area contributed by atoms with Gasteiger partial charge in [-0.2, -0.15) is 0 Å². The predicted octanol–water partition coefficient (Wildman–Crippen LogP) is 1.69. The number of methoxy groups -OCH3 is 1. The monoisotopic (exact) mass is 243 g/mol. The van der Waals surface area contributed by atoms with E-state index >= 15 is 0 Å². The maximum absolute atomic E-state index is 10.4. The molecule has 0 atom stereocenters. The maximum Gasteiger partial charge on any atom is 0.118 e. The fourth-order valence-electron chi connectivity index (χ4n) is 2.03. The highest BCUT2D eigenvalue weighted by Gasteiger charge is 2.30. The second-order valence-electron chi connectivity index (χ2n) is 4.01. The number of halogens is 1. The van der Waals surface area contributed by atoms with Crippen molar-refractivity contribution in [1.82, 2.24) is 5.32 Å². The lowest BCUT2D eigenvalue weighted by Crippen LogP contribution is -2.39. The van der Waals surface area contributed by atoms with E-state index in [1.165, 1.54) is 0 Å². The van der Waals surface area contributed by atoms with Crippen molar-refractivity contribution in [2.75, 3.05) is 20.2 Å². The highest BCUT2D eigenvalue weighted by molar-refractivity contribution is 5.85. The largest absolute Gasteiger partial charge is 0.497 e. The molecular weight excluding hydrogens is 226 g/mol. The zero-order chi connectivity index (χ0) is 10.7. The van der Waals surface area contributed by atoms with Crippen LogP contribution in [0.2, 0.25) is 0 Å². The molecule has 0 aliphatic carbocycles. The zero-order valence-corrected chi connectivity index (χ0v) is 10.2. The average molecular weight is 244 g/mol. The van der Waals surface area contributed by atoms with Crippen LogP contribution >= 0.6 is 12.4 Å². The smallest absolute Gasteiger partial charge is 0.118 e. The van der Waals surface area contributed by atoms with E-state index in [2.05, 4.69) is 5.32 Å². The van der Waals surface area contributed by atoms with Gasteiger partial charge in [0.15, 0.2) is 0 Å². The fraction of sp³-hybridized carbons (Fsp3) is 0.500. The molecule has 1 aromatic rings. The lowest BCUT2D eigenvalue weighted by atomic mass is 9.85. The third-order valence-corrected chi connectivity index (χ3v) is 3.06. The van der Waals surface area contributed by atoms with Gasteiger partial charge in [0, 0.05) is 0 Å². The zero-order valence-electron chi connectivity index (χ0n) is 9.40. The Morgan fingerprint density at radius 2 is 1.75 bits per heavy atom. The topological polar surface area (TPSA) is 41.5 Å². The van der Waals surface area contributed by atoms with Crippen LogP contribution in [0, 0.1) is 0 Å². The molecule has 0 radical (unpaired) electrons. The lowest BCUT2D eigenvalue weighted by Gasteiger charge is -2.33. The second-order valence-corrected chi connectivity index (χ2v) is 4.01. The normalized spacial score (nSPS) is 18.6. The molecule has 4 heteroatoms. The highest BCUT2D eigenvalue weighted by atomic mass is 35.5. The van der Waals surface area contributed by atoms with Crippen molar-refractivity contribution >= 4 is 12.4 Å². The first-order chi connectivity index (χ1) is 7.24. The van der Waals surface area contributed by atoms with Gasteiger partial charge in [-0.15, -0.1) is 12.4 Å². The number of hydrogen-bond donors (Lipinski definition) is 2. The van der Waals surface area contributed by atoms with Gasteiger partial charge in [-0.25, -0.2) is 0 Å². The third kappa shape index (κ3) is 2.67. The summed E-state index contributed by atoms with van der Waals surface area (Å²) in [6, 6.07) is 7.69. The fourth-order valence-corrected chi connectivity index (χ4v) is 2.03. The van der Waals surface area contributed by atoms with Crippen LogP contribution in [0.15, 0.2) is 24.3 Å². The molecule has 1 aliphatic heterocycles. The van der Waals surface area contributed by atoms with Crippen molar-refractivity contribution in [3.05, 3.63) is 29.8 Å². The molecule has 1 saturated heterocycles. The molecule has 2 rings (SSSR count). The highest BCUT2D eigenvalue weighted by Crippen LogP contribution is 2.31. The Morgan fingerprint density at radius 1 is 1.19 bits per heavy atom. The van der Waals surface area contributed by atoms with E-state index < -0.39 is 5.60 Å². The molecule has 2 N–H and O–H groups in total. The molecule has 0 spiro atoms. The van der Waals surface area contributed by atoms with Gasteiger partial charge >= 0.3 is 0 Å². The molecule has 0 bridgehead atoms. The first kappa shape index (κ1) is 13.3. The van der Waals surface area contributed by atoms with Gasteiger partial charge in [0.2, 0.25) is 0 Å². The molecule has 90 valence electrons. The van der Waals surface area contributed by atoms with Crippen LogP contribution in [-0.2, 0) is 5.60 Å². The van der Waals surface area contributed by atoms with Crippen molar-refractivity contribution in [1.29, 1.82) is 0 Å². The first-order valence-corrected chi connectivity index (χ1v) is 5.32. The quantitative estimate of drug-likeness (QED) is 0.831. The molecule has 0 amide bonds. The molecule has 0 saturated carbocycles. The van der Waals surface area contributed by atoms with E-state index in [1.54, 1.807) is 7.11 Å². The SMILES string of the molecule is COc1ccc(C2(O)CCNCC2)cc1.Cl. The summed E-state index contributed by atoms with van der Waals surface area (Å²) in [5.41, 5.74) is 0.335. The van der Waals surface area contributed by atoms with Gasteiger partial charge in [-0.05, 0) is 43.6 Å². The summed E-state index contributed by atoms with van der Waals surface area (Å²) in [4.78, 5) is 0. The maximum atomic E-state index is 10.4. The summed E-state index contributed by atoms with van der Waals surface area (Å²) in [7, 11) is 1.65. The van der Waals surface area contributed by atoms with Gasteiger partial charge in [0.25, 0.3) is 0 Å². The van der Waals surface area contributed by atoms with Crippen molar-refractivity contribution in [3.63, 3.8) is 0 Å². The molecule has 16 heavy (non-hydrogen) atoms. The minimum atomic E-state index is -0.655. The Kier molecular flexibility index (Phi) is 4.59. The van der Waals surface area contributed by atoms with E-state index in [1.807, 2.05) is 24.3 Å². The third-order valence-electron chi connectivity index (χ3n) is 3.06. The number of benzene rings is 1. The average Bonchev–Trinajstić information content (AvgIpc) is 2.30. The lowest BCUT2D eigenvalue weighted by molar-refractivity contribution is 0.00591. The summed E-state index contributed by atoms with van der Waals surface area (Å²) < 4.78 is 5.10. The number of aliphatic hydroxyl groups is 1. The van der Waals surface area contributed by atoms with Crippen LogP contribution in [0.4, 0.5) is 0 Å². The van der Waals surface area contributed by atoms with Gasteiger partial charge in [-0.1, -0.05) is 12.1 Å². The molecular formula is C12H18ClNO2. The summed E-state index contributed by atoms with van der Waals surface area (Å²) in [5, 5.41) is 13.7. The Hall–Kier alpha value is -0.770. The number of rotatable bonds is 2. The van der Waals surface area contributed by atoms with Crippen LogP contribution in [0.1, 0.15) is 18.4 Å². The number of piperidine rings is 1. The van der Waals surface area contributed by atoms with E-state index in [4.69, 9.17) is 4.74 Å². The van der Waals surface area contributed by atoms with Gasteiger partial charge in [-0.3, -0.25) is 0 Å². The van der Waals surface area contributed by atoms with E-state index in [-0.39, 0.29) is 12.4 Å². The van der Waals surface area contributed by atoms with Crippen molar-refractivity contribution in [2.24, 2.45) is 0 Å². The van der Waals surface area contributed by atoms with Crippen molar-refractivity contribution in [3.8, 4) is 5.75 Å². The molecule has 0 aromatic heterocycles. The van der Waals surface area contributed by atoms with Crippen LogP contribution in [0.5, 0.6) is 5.75 Å². The van der Waals surface area contributed by atoms with Crippen molar-refractivity contribution in [2.45, 2.75) is 18.4 Å². The van der Waals surface area contributed by atoms with E-state index in [0.29, 0.717) is 0 Å². The molecule has 0 unspecified atom stereocenters. The summed E-state index contributed by atoms with van der Waals surface area (Å²) >= 11 is 0. The minimum Gasteiger partial charge on any atom is -0.497 e. The molecule has 1 aromatic carbocycles. The van der Waals surface area contributed by atoms with Crippen LogP contribution in [0.25, 0.3) is 0 Å². The first-order valence-electron chi connectivity index (χ1n) is 5.32. The van der Waals surface area contributed by atoms with Gasteiger partial charge in [0.1, 0.15) is 5.75 Å². The van der Waals surface area contributed by atoms with Crippen LogP contribution in [-0.4, -0.2) is 25.3 Å². The second kappa shape index (κ2) is 5.53. The minimum absolute atomic E-state index is 0. The Bertz CT molecular complexity index is 320. The summed E-state index contributed by atoms with van der Waals surface area (Å²) in [6.45, 7) is 1.76. The number of hydrogen-bond acceptors (Lipinski definition) is 3. The molecule has 1 heterocycles. The molecule has 1 fully saturated rings. The Morgan fingerprint density at radius 3 is 2.25 bits per heavy atom. The van der Waals surface area contributed by atoms with Gasteiger partial charge < -0.3 is 15.2 Å². The van der Waals surface area contributed by atoms with Crippen LogP contribution < -0.4 is 10.1 Å². The Balaban J connectivity index is 0.00000128. The standard InChI is InChI=1S/C12H17NO2.ClH/c1-15-11-4-2-10(3-5-11)12(14)6-8-13-9-7-12;/h2-5,13-14H,6-9H2,1H3;1H. The molecule has 1 aliphatic rings. The summed E-state index contributed by atoms with van der Waals surface area (Å²) in [5.74, 6) is 0.830. The van der Waals surface area contributed by atoms with Crippen molar-refractivity contribution < 1.29 is 9.84 Å². The van der Waals surface area contributed by atoms with Gasteiger partial charge in [0.05, 0.1) is 12.7 Å². The molecule has 3 nitrogen and oxygen atoms in total. The van der Waals surface area contributed by atoms with Crippen LogP contribution in [0.3, 0.4) is 0 Å². The number of ether oxygens (including phenoxy) is 1. The van der Waals surface area contributed by atoms with E-state index in [9.17, 15) is 5.11 Å². The Labute approximate surface area is 102 Å². The summed E-state index contributed by atoms with van der Waals surface area (Å²) in [6.07, 6.45) is 1.55. The predicted molar refractivity (Wildman–Crippen MR) is 66.2 cm³/mol. The number of nitrogens with one attached hydrogen (secondary N) is 1. The van der Waals surface area contributed by atoms with E-state index in [0.717, 1.165) is 37.2 Å².